The zero-order valence-corrected chi connectivity index (χ0v) is 21.6. The number of amides is 1. The number of carbonyl (C=O) groups excluding carboxylic acids is 1. The second-order valence-corrected chi connectivity index (χ2v) is 11.1. The van der Waals surface area contributed by atoms with Crippen molar-refractivity contribution in [2.75, 3.05) is 25.7 Å². The fourth-order valence-corrected chi connectivity index (χ4v) is 6.32. The van der Waals surface area contributed by atoms with Crippen molar-refractivity contribution in [3.8, 4) is 22.8 Å². The Labute approximate surface area is 214 Å². The lowest BCUT2D eigenvalue weighted by Gasteiger charge is -2.13. The molecule has 3 aromatic heterocycles. The number of sulfone groups is 1. The van der Waals surface area contributed by atoms with E-state index in [0.29, 0.717) is 51.5 Å². The highest BCUT2D eigenvalue weighted by Crippen LogP contribution is 2.35. The first-order valence-corrected chi connectivity index (χ1v) is 13.6. The van der Waals surface area contributed by atoms with Crippen LogP contribution in [0, 0.1) is 6.92 Å². The zero-order chi connectivity index (χ0) is 26.2. The van der Waals surface area contributed by atoms with Crippen LogP contribution in [0.3, 0.4) is 0 Å². The summed E-state index contributed by atoms with van der Waals surface area (Å²) < 4.78 is 36.9. The number of aryl methyl sites for hydroxylation is 1. The van der Waals surface area contributed by atoms with Crippen molar-refractivity contribution in [3.05, 3.63) is 65.6 Å². The molecule has 11 heteroatoms. The van der Waals surface area contributed by atoms with Crippen LogP contribution >= 0.6 is 0 Å². The van der Waals surface area contributed by atoms with E-state index in [1.807, 2.05) is 24.3 Å². The first-order valence-electron chi connectivity index (χ1n) is 11.8. The molecule has 192 valence electrons. The predicted octanol–water partition coefficient (Wildman–Crippen LogP) is 3.11. The second kappa shape index (κ2) is 9.81. The molecule has 0 radical (unpaired) electrons. The number of pyridine rings is 2. The molecule has 5 rings (SSSR count). The van der Waals surface area contributed by atoms with Crippen molar-refractivity contribution in [3.63, 3.8) is 0 Å². The van der Waals surface area contributed by atoms with Crippen molar-refractivity contribution in [2.24, 2.45) is 0 Å². The Balaban J connectivity index is 1.64. The number of methoxy groups -OCH3 is 2. The summed E-state index contributed by atoms with van der Waals surface area (Å²) in [7, 11) is -0.0453. The van der Waals surface area contributed by atoms with Gasteiger partial charge in [-0.2, -0.15) is 5.10 Å². The SMILES string of the molecule is COc1ccc(-c2cc(C(=O)NCc3ccccn3)c3c(C)nn(C4CCS(=O)(=O)C4)c3n2)cc1OC. The van der Waals surface area contributed by atoms with Crippen LogP contribution in [-0.2, 0) is 16.4 Å². The van der Waals surface area contributed by atoms with E-state index in [4.69, 9.17) is 14.5 Å². The van der Waals surface area contributed by atoms with Crippen LogP contribution in [0.15, 0.2) is 48.7 Å². The number of nitrogens with one attached hydrogen (secondary N) is 1. The highest BCUT2D eigenvalue weighted by atomic mass is 32.2. The quantitative estimate of drug-likeness (QED) is 0.393. The third-order valence-electron chi connectivity index (χ3n) is 6.47. The number of hydrogen-bond acceptors (Lipinski definition) is 8. The van der Waals surface area contributed by atoms with Gasteiger partial charge in [-0.25, -0.2) is 18.1 Å². The van der Waals surface area contributed by atoms with Gasteiger partial charge in [-0.3, -0.25) is 9.78 Å². The van der Waals surface area contributed by atoms with E-state index >= 15 is 0 Å². The average Bonchev–Trinajstić information content (AvgIpc) is 3.45. The zero-order valence-electron chi connectivity index (χ0n) is 20.8. The minimum absolute atomic E-state index is 0.00725. The Kier molecular flexibility index (Phi) is 6.55. The van der Waals surface area contributed by atoms with Crippen LogP contribution in [-0.4, -0.2) is 59.8 Å². The minimum Gasteiger partial charge on any atom is -0.493 e. The van der Waals surface area contributed by atoms with Gasteiger partial charge >= 0.3 is 0 Å². The van der Waals surface area contributed by atoms with E-state index < -0.39 is 9.84 Å². The molecule has 0 aliphatic carbocycles. The van der Waals surface area contributed by atoms with Gasteiger partial charge in [0.2, 0.25) is 0 Å². The third-order valence-corrected chi connectivity index (χ3v) is 8.22. The van der Waals surface area contributed by atoms with Crippen LogP contribution in [0.5, 0.6) is 11.5 Å². The van der Waals surface area contributed by atoms with Crippen molar-refractivity contribution in [2.45, 2.75) is 25.9 Å². The van der Waals surface area contributed by atoms with Gasteiger partial charge in [0.05, 0.1) is 66.3 Å². The number of benzene rings is 1. The lowest BCUT2D eigenvalue weighted by atomic mass is 10.0. The van der Waals surface area contributed by atoms with Gasteiger partial charge in [-0.05, 0) is 49.7 Å². The van der Waals surface area contributed by atoms with E-state index in [0.717, 1.165) is 5.69 Å². The molecule has 1 saturated heterocycles. The van der Waals surface area contributed by atoms with Crippen LogP contribution in [0.1, 0.15) is 34.2 Å². The van der Waals surface area contributed by atoms with Crippen molar-refractivity contribution in [1.29, 1.82) is 0 Å². The van der Waals surface area contributed by atoms with Gasteiger partial charge in [0, 0.05) is 11.8 Å². The Morgan fingerprint density at radius 2 is 1.95 bits per heavy atom. The summed E-state index contributed by atoms with van der Waals surface area (Å²) in [5, 5.41) is 8.18. The van der Waals surface area contributed by atoms with Gasteiger partial charge in [-0.1, -0.05) is 6.07 Å². The second-order valence-electron chi connectivity index (χ2n) is 8.91. The van der Waals surface area contributed by atoms with Crippen LogP contribution in [0.25, 0.3) is 22.3 Å². The van der Waals surface area contributed by atoms with Crippen LogP contribution < -0.4 is 14.8 Å². The Morgan fingerprint density at radius 1 is 1.14 bits per heavy atom. The van der Waals surface area contributed by atoms with Crippen molar-refractivity contribution < 1.29 is 22.7 Å². The molecule has 1 atom stereocenters. The van der Waals surface area contributed by atoms with E-state index in [9.17, 15) is 13.2 Å². The molecule has 4 aromatic rings. The lowest BCUT2D eigenvalue weighted by Crippen LogP contribution is -2.24. The van der Waals surface area contributed by atoms with Crippen molar-refractivity contribution in [1.82, 2.24) is 25.1 Å². The van der Waals surface area contributed by atoms with Gasteiger partial charge in [0.15, 0.2) is 27.0 Å². The largest absolute Gasteiger partial charge is 0.493 e. The topological polar surface area (TPSA) is 125 Å². The van der Waals surface area contributed by atoms with E-state index in [1.54, 1.807) is 50.2 Å². The van der Waals surface area contributed by atoms with E-state index in [1.165, 1.54) is 0 Å². The number of hydrogen-bond donors (Lipinski definition) is 1. The fraction of sp³-hybridized carbons (Fsp3) is 0.308. The molecule has 1 unspecified atom stereocenters. The molecule has 1 aliphatic heterocycles. The van der Waals surface area contributed by atoms with Gasteiger partial charge in [-0.15, -0.1) is 0 Å². The van der Waals surface area contributed by atoms with Gasteiger partial charge in [0.25, 0.3) is 5.91 Å². The Bertz CT molecular complexity index is 1580. The molecule has 1 fully saturated rings. The summed E-state index contributed by atoms with van der Waals surface area (Å²) in [4.78, 5) is 22.6. The minimum atomic E-state index is -3.15. The number of aromatic nitrogens is 4. The molecule has 4 heterocycles. The highest BCUT2D eigenvalue weighted by Gasteiger charge is 2.32. The van der Waals surface area contributed by atoms with Gasteiger partial charge < -0.3 is 14.8 Å². The Hall–Kier alpha value is -3.99. The molecule has 0 bridgehead atoms. The highest BCUT2D eigenvalue weighted by molar-refractivity contribution is 7.91. The lowest BCUT2D eigenvalue weighted by molar-refractivity contribution is 0.0952. The maximum absolute atomic E-state index is 13.5. The molecule has 1 aromatic carbocycles. The maximum atomic E-state index is 13.5. The summed E-state index contributed by atoms with van der Waals surface area (Å²) in [6.45, 7) is 2.05. The first-order chi connectivity index (χ1) is 17.8. The molecule has 0 spiro atoms. The normalized spacial score (nSPS) is 16.6. The van der Waals surface area contributed by atoms with Crippen LogP contribution in [0.2, 0.25) is 0 Å². The number of ether oxygens (including phenoxy) is 2. The summed E-state index contributed by atoms with van der Waals surface area (Å²) in [5.41, 5.74) is 3.44. The molecule has 1 N–H and O–H groups in total. The standard InChI is InChI=1S/C26H27N5O5S/c1-16-24-20(26(32)28-14-18-6-4-5-10-27-18)13-21(17-7-8-22(35-2)23(12-17)36-3)29-25(24)31(30-16)19-9-11-37(33,34)15-19/h4-8,10,12-13,19H,9,11,14-15H2,1-3H3,(H,28,32). The Morgan fingerprint density at radius 3 is 2.62 bits per heavy atom. The molecule has 1 amide bonds. The monoisotopic (exact) mass is 521 g/mol. The number of nitrogens with zero attached hydrogens (tertiary/aromatic N) is 4. The fourth-order valence-electron chi connectivity index (χ4n) is 4.63. The molecule has 1 aliphatic rings. The predicted molar refractivity (Wildman–Crippen MR) is 139 cm³/mol. The van der Waals surface area contributed by atoms with Crippen LogP contribution in [0.4, 0.5) is 0 Å². The third kappa shape index (κ3) is 4.86. The number of rotatable bonds is 7. The smallest absolute Gasteiger partial charge is 0.252 e. The molecule has 10 nitrogen and oxygen atoms in total. The maximum Gasteiger partial charge on any atom is 0.252 e. The molecule has 37 heavy (non-hydrogen) atoms. The summed E-state index contributed by atoms with van der Waals surface area (Å²) >= 11 is 0. The summed E-state index contributed by atoms with van der Waals surface area (Å²) in [6, 6.07) is 12.3. The molecule has 0 saturated carbocycles. The number of fused-ring (bicyclic) bond motifs is 1. The van der Waals surface area contributed by atoms with Crippen molar-refractivity contribution >= 4 is 26.8 Å². The average molecular weight is 522 g/mol. The first kappa shape index (κ1) is 24.7. The summed E-state index contributed by atoms with van der Waals surface area (Å²) in [6.07, 6.45) is 2.12. The molecular formula is C26H27N5O5S. The van der Waals surface area contributed by atoms with E-state index in [-0.39, 0.29) is 30.0 Å². The van der Waals surface area contributed by atoms with Gasteiger partial charge in [0.1, 0.15) is 0 Å². The summed E-state index contributed by atoms with van der Waals surface area (Å²) in [5.74, 6) is 0.881. The molecular weight excluding hydrogens is 494 g/mol. The number of carbonyl (C=O) groups is 1. The van der Waals surface area contributed by atoms with E-state index in [2.05, 4.69) is 15.4 Å².